The molecule has 0 bridgehead atoms. The van der Waals surface area contributed by atoms with Crippen molar-refractivity contribution in [3.8, 4) is 0 Å². The minimum atomic E-state index is -2.16. The van der Waals surface area contributed by atoms with E-state index in [9.17, 15) is 97.0 Å². The lowest BCUT2D eigenvalue weighted by Gasteiger charge is -2.48. The van der Waals surface area contributed by atoms with Gasteiger partial charge in [0, 0.05) is 0 Å². The lowest BCUT2D eigenvalue weighted by molar-refractivity contribution is -0.384. The number of ether oxygens (including phenoxy) is 10. The smallest absolute Gasteiger partial charge is 0.187 e. The summed E-state index contributed by atoms with van der Waals surface area (Å²) in [6, 6.07) is 0. The molecule has 5 aliphatic rings. The maximum atomic E-state index is 11.2. The normalized spacial score (nSPS) is 48.1. The van der Waals surface area contributed by atoms with Gasteiger partial charge in [0.2, 0.25) is 0 Å². The van der Waals surface area contributed by atoms with E-state index in [0.717, 1.165) is 0 Å². The maximum absolute atomic E-state index is 11.2. The Balaban J connectivity index is 1.22. The molecule has 5 fully saturated rings. The molecule has 0 spiro atoms. The minimum absolute atomic E-state index is 0.513. The van der Waals surface area contributed by atoms with Gasteiger partial charge in [-0.2, -0.15) is 0 Å². The quantitative estimate of drug-likeness (QED) is 0.0572. The molecule has 29 heteroatoms. The summed E-state index contributed by atoms with van der Waals surface area (Å²) in [7, 11) is 0. The van der Waals surface area contributed by atoms with E-state index in [0.29, 0.717) is 0 Å². The first-order valence-electron chi connectivity index (χ1n) is 19.9. The molecule has 5 rings (SSSR count). The predicted molar refractivity (Wildman–Crippen MR) is 189 cm³/mol. The van der Waals surface area contributed by atoms with Crippen molar-refractivity contribution >= 4 is 0 Å². The summed E-state index contributed by atoms with van der Waals surface area (Å²) in [5, 5.41) is 196. The van der Waals surface area contributed by atoms with Crippen molar-refractivity contribution in [2.24, 2.45) is 0 Å². The van der Waals surface area contributed by atoms with Gasteiger partial charge >= 0.3 is 0 Å². The maximum Gasteiger partial charge on any atom is 0.187 e. The van der Waals surface area contributed by atoms with Crippen molar-refractivity contribution in [3.05, 3.63) is 0 Å². The zero-order chi connectivity index (χ0) is 46.6. The molecule has 370 valence electrons. The molecular formula is C34H60O29. The third-order valence-electron chi connectivity index (χ3n) is 11.3. The van der Waals surface area contributed by atoms with E-state index in [4.69, 9.17) is 47.4 Å². The lowest BCUT2D eigenvalue weighted by Crippen LogP contribution is -2.67. The van der Waals surface area contributed by atoms with Crippen molar-refractivity contribution in [2.75, 3.05) is 46.2 Å². The number of aliphatic hydroxyl groups excluding tert-OH is 19. The Labute approximate surface area is 356 Å². The highest BCUT2D eigenvalue weighted by Gasteiger charge is 2.55. The van der Waals surface area contributed by atoms with E-state index >= 15 is 0 Å². The third kappa shape index (κ3) is 11.6. The second-order valence-corrected chi connectivity index (χ2v) is 15.6. The Kier molecular flexibility index (Phi) is 19.5. The molecule has 29 nitrogen and oxygen atoms in total. The molecule has 5 saturated heterocycles. The van der Waals surface area contributed by atoms with Crippen molar-refractivity contribution in [3.63, 3.8) is 0 Å². The van der Waals surface area contributed by atoms with Crippen LogP contribution in [0.2, 0.25) is 0 Å². The zero-order valence-electron chi connectivity index (χ0n) is 33.1. The molecule has 0 aliphatic carbocycles. The Morgan fingerprint density at radius 2 is 0.857 bits per heavy atom. The van der Waals surface area contributed by atoms with Crippen molar-refractivity contribution in [2.45, 2.75) is 166 Å². The van der Waals surface area contributed by atoms with Crippen LogP contribution in [0.5, 0.6) is 0 Å². The van der Waals surface area contributed by atoms with Gasteiger partial charge in [-0.05, 0) is 0 Å². The van der Waals surface area contributed by atoms with Gasteiger partial charge < -0.3 is 144 Å². The van der Waals surface area contributed by atoms with Crippen LogP contribution in [0.25, 0.3) is 0 Å². The van der Waals surface area contributed by atoms with E-state index in [1.54, 1.807) is 0 Å². The Morgan fingerprint density at radius 3 is 1.37 bits per heavy atom. The molecule has 0 aromatic carbocycles. The SMILES string of the molecule is OC[C@@H](O)[C@@H](O[C@@H]1O[C@H](CO)[C@@H](O[C@@H]2O[C@H](CO)[C@@H](O[C@@H]3O[C@H](CO[C@H]4OC[C@@H](O)[C@H](O)[C@H]4O[C@@H]4O[C@@H](CO)[C@H](O)[C@H]4O)[C@@H](O)[C@H](O)[C@H]3O)[C@H](O)[C@H]2O)[C@H](O)[C@H]1O)[C@H](O)[C@@H](O)CO. The first-order valence-corrected chi connectivity index (χ1v) is 19.9. The van der Waals surface area contributed by atoms with Crippen molar-refractivity contribution in [1.82, 2.24) is 0 Å². The monoisotopic (exact) mass is 932 g/mol. The highest BCUT2D eigenvalue weighted by molar-refractivity contribution is 4.98. The van der Waals surface area contributed by atoms with Crippen molar-refractivity contribution < 1.29 is 144 Å². The molecule has 5 heterocycles. The first-order chi connectivity index (χ1) is 29.8. The number of hydrogen-bond acceptors (Lipinski definition) is 29. The van der Waals surface area contributed by atoms with Crippen LogP contribution in [-0.4, -0.2) is 309 Å². The molecular weight excluding hydrogens is 872 g/mol. The van der Waals surface area contributed by atoms with Gasteiger partial charge in [-0.15, -0.1) is 0 Å². The Hall–Kier alpha value is -1.16. The van der Waals surface area contributed by atoms with Crippen LogP contribution in [0, 0.1) is 0 Å². The van der Waals surface area contributed by atoms with Gasteiger partial charge in [-0.1, -0.05) is 0 Å². The van der Waals surface area contributed by atoms with E-state index in [2.05, 4.69) is 0 Å². The number of hydrogen-bond donors (Lipinski definition) is 19. The van der Waals surface area contributed by atoms with Crippen LogP contribution in [-0.2, 0) is 47.4 Å². The third-order valence-corrected chi connectivity index (χ3v) is 11.3. The highest BCUT2D eigenvalue weighted by Crippen LogP contribution is 2.34. The summed E-state index contributed by atoms with van der Waals surface area (Å²) in [5.41, 5.74) is 0. The topological polar surface area (TPSA) is 477 Å². The molecule has 0 aromatic heterocycles. The minimum Gasteiger partial charge on any atom is -0.394 e. The Bertz CT molecular complexity index is 1360. The molecule has 19 N–H and O–H groups in total. The predicted octanol–water partition coefficient (Wildman–Crippen LogP) is -13.2. The Morgan fingerprint density at radius 1 is 0.429 bits per heavy atom. The van der Waals surface area contributed by atoms with Gasteiger partial charge in [0.05, 0.1) is 46.2 Å². The summed E-state index contributed by atoms with van der Waals surface area (Å²) in [6.07, 6.45) is -49.8. The summed E-state index contributed by atoms with van der Waals surface area (Å²) < 4.78 is 55.2. The molecule has 27 atom stereocenters. The van der Waals surface area contributed by atoms with Crippen LogP contribution in [0.15, 0.2) is 0 Å². The van der Waals surface area contributed by atoms with Crippen LogP contribution in [0.1, 0.15) is 0 Å². The molecule has 0 radical (unpaired) electrons. The van der Waals surface area contributed by atoms with Gasteiger partial charge in [-0.3, -0.25) is 0 Å². The fraction of sp³-hybridized carbons (Fsp3) is 1.00. The summed E-state index contributed by atoms with van der Waals surface area (Å²) >= 11 is 0. The molecule has 0 saturated carbocycles. The fourth-order valence-corrected chi connectivity index (χ4v) is 7.50. The summed E-state index contributed by atoms with van der Waals surface area (Å²) in [6.45, 7) is -6.05. The second kappa shape index (κ2) is 23.2. The average molecular weight is 933 g/mol. The summed E-state index contributed by atoms with van der Waals surface area (Å²) in [5.74, 6) is 0. The largest absolute Gasteiger partial charge is 0.394 e. The first kappa shape index (κ1) is 52.8. The number of rotatable bonds is 19. The van der Waals surface area contributed by atoms with E-state index in [1.807, 2.05) is 0 Å². The molecule has 0 amide bonds. The van der Waals surface area contributed by atoms with Crippen LogP contribution in [0.3, 0.4) is 0 Å². The number of aliphatic hydroxyl groups is 19. The summed E-state index contributed by atoms with van der Waals surface area (Å²) in [4.78, 5) is 0. The van der Waals surface area contributed by atoms with Gasteiger partial charge in [0.25, 0.3) is 0 Å². The molecule has 0 unspecified atom stereocenters. The van der Waals surface area contributed by atoms with Gasteiger partial charge in [0.1, 0.15) is 134 Å². The van der Waals surface area contributed by atoms with E-state index in [1.165, 1.54) is 0 Å². The highest BCUT2D eigenvalue weighted by atomic mass is 16.8. The molecule has 5 aliphatic heterocycles. The lowest BCUT2D eigenvalue weighted by atomic mass is 9.96. The van der Waals surface area contributed by atoms with E-state index in [-0.39, 0.29) is 0 Å². The van der Waals surface area contributed by atoms with Gasteiger partial charge in [0.15, 0.2) is 31.5 Å². The van der Waals surface area contributed by atoms with Gasteiger partial charge in [-0.25, -0.2) is 0 Å². The van der Waals surface area contributed by atoms with Crippen LogP contribution in [0.4, 0.5) is 0 Å². The van der Waals surface area contributed by atoms with Crippen molar-refractivity contribution in [1.29, 1.82) is 0 Å². The zero-order valence-corrected chi connectivity index (χ0v) is 33.1. The fourth-order valence-electron chi connectivity index (χ4n) is 7.50. The van der Waals surface area contributed by atoms with Crippen LogP contribution >= 0.6 is 0 Å². The second-order valence-electron chi connectivity index (χ2n) is 15.6. The van der Waals surface area contributed by atoms with E-state index < -0.39 is 212 Å². The standard InChI is InChI=1S/C34H60O29/c35-1-8(40)15(43)26(9(41)2-36)60-32-24(52)20(48)28(12(4-38)57-32)62-33-25(53)21(49)27(13(5-39)58-33)61-31-23(51)19(47)18(46)14(59-31)7-55-34-29(16(44)10(42)6-54-34)63-30-22(50)17(45)11(3-37)56-30/h8-53H,1-7H2/t8-,9+,10+,11-,12+,13+,14+,15+,16-,17-,18+,19-,20+,21+,22+,23+,24+,25+,26+,27+,28+,29+,30-,31-,32-,33-,34+/m0/s1. The average Bonchev–Trinajstić information content (AvgIpc) is 3.55. The molecule has 63 heavy (non-hydrogen) atoms. The van der Waals surface area contributed by atoms with Crippen LogP contribution < -0.4 is 0 Å². The molecule has 0 aromatic rings.